The van der Waals surface area contributed by atoms with Crippen molar-refractivity contribution in [1.82, 2.24) is 25.4 Å². The van der Waals surface area contributed by atoms with Gasteiger partial charge in [-0.05, 0) is 80.7 Å². The number of fused-ring (bicyclic) bond motifs is 1. The van der Waals surface area contributed by atoms with Gasteiger partial charge in [-0.3, -0.25) is 14.4 Å². The fourth-order valence-corrected chi connectivity index (χ4v) is 9.81. The molecular formula is C36H44ClN5O4. The number of carbonyl (C=O) groups excluding carboxylic acids is 3. The molecule has 5 fully saturated rings. The minimum Gasteiger partial charge on any atom is -0.391 e. The van der Waals surface area contributed by atoms with Gasteiger partial charge in [0.05, 0.1) is 11.5 Å². The van der Waals surface area contributed by atoms with Crippen molar-refractivity contribution >= 4 is 40.2 Å². The summed E-state index contributed by atoms with van der Waals surface area (Å²) in [6, 6.07) is 13.5. The van der Waals surface area contributed by atoms with Crippen LogP contribution in [-0.2, 0) is 27.3 Å². The third kappa shape index (κ3) is 5.60. The van der Waals surface area contributed by atoms with Crippen molar-refractivity contribution in [2.24, 2.45) is 17.3 Å². The number of nitrogens with one attached hydrogen (secondary N) is 3. The van der Waals surface area contributed by atoms with Crippen LogP contribution in [0.15, 0.2) is 54.7 Å². The number of aliphatic hydroxyl groups is 1. The number of β-amino-alcohol motifs (C(OH)–C–C–N with tert-alkyl or cyclic N) is 1. The van der Waals surface area contributed by atoms with Crippen LogP contribution in [0, 0.1) is 17.3 Å². The van der Waals surface area contributed by atoms with E-state index >= 15 is 0 Å². The number of likely N-dealkylation sites (tertiary alicyclic amines) is 1. The lowest BCUT2D eigenvalue weighted by Gasteiger charge is -2.62. The van der Waals surface area contributed by atoms with E-state index in [2.05, 4.69) is 15.6 Å². The molecular weight excluding hydrogens is 602 g/mol. The van der Waals surface area contributed by atoms with Gasteiger partial charge in [0.2, 0.25) is 17.7 Å². The van der Waals surface area contributed by atoms with Gasteiger partial charge in [0, 0.05) is 60.6 Å². The van der Waals surface area contributed by atoms with Crippen LogP contribution in [0.4, 0.5) is 0 Å². The van der Waals surface area contributed by atoms with Crippen LogP contribution in [0.2, 0.25) is 5.02 Å². The molecule has 4 unspecified atom stereocenters. The Morgan fingerprint density at radius 2 is 1.76 bits per heavy atom. The number of hydrogen-bond donors (Lipinski definition) is 4. The van der Waals surface area contributed by atoms with Gasteiger partial charge in [-0.15, -0.1) is 0 Å². The molecule has 0 spiro atoms. The standard InChI is InChI=1S/C36H44ClN5O4/c1-38-36-16-22-11-23(17-36)15-35(14-22,21-36)34(46)42-20-26(43)13-31(42)32(44)40-30(12-25-18-39-29-10-6-4-8-27(25)29)33(45)41(2)19-24-7-3-5-9-28(24)37/h3-10,18,22-23,26,30-31,38-39,43H,11-17,19-21H2,1-2H3,(H,40,44)/t22?,23?,26-,30?,31?,35?,36?/m1/s1. The maximum Gasteiger partial charge on any atom is 0.245 e. The summed E-state index contributed by atoms with van der Waals surface area (Å²) in [7, 11) is 3.72. The molecule has 1 saturated heterocycles. The summed E-state index contributed by atoms with van der Waals surface area (Å²) in [5.41, 5.74) is 2.13. The fraction of sp³-hybridized carbons (Fsp3) is 0.528. The second-order valence-corrected chi connectivity index (χ2v) is 15.0. The minimum atomic E-state index is -0.888. The lowest BCUT2D eigenvalue weighted by Crippen LogP contribution is -2.65. The zero-order chi connectivity index (χ0) is 32.2. The number of likely N-dealkylation sites (N-methyl/N-ethyl adjacent to an activating group) is 1. The van der Waals surface area contributed by atoms with Crippen LogP contribution in [0.3, 0.4) is 0 Å². The SMILES string of the molecule is CNC12CC3CC(C1)CC(C(=O)N1C[C@H](O)CC1C(=O)NC(Cc1c[nH]c4ccccc14)C(=O)N(C)Cc1ccccc1Cl)(C3)C2. The molecule has 0 radical (unpaired) electrons. The van der Waals surface area contributed by atoms with Gasteiger partial charge in [0.15, 0.2) is 0 Å². The lowest BCUT2D eigenvalue weighted by molar-refractivity contribution is -0.164. The number of hydrogen-bond acceptors (Lipinski definition) is 5. The summed E-state index contributed by atoms with van der Waals surface area (Å²) in [4.78, 5) is 49.2. The van der Waals surface area contributed by atoms with Crippen LogP contribution < -0.4 is 10.6 Å². The highest BCUT2D eigenvalue weighted by molar-refractivity contribution is 6.31. The number of aromatic amines is 1. The van der Waals surface area contributed by atoms with Gasteiger partial charge in [-0.2, -0.15) is 0 Å². The second kappa shape index (κ2) is 12.0. The van der Waals surface area contributed by atoms with Crippen molar-refractivity contribution in [2.75, 3.05) is 20.6 Å². The first kappa shape index (κ1) is 31.2. The second-order valence-electron chi connectivity index (χ2n) is 14.5. The van der Waals surface area contributed by atoms with E-state index in [1.165, 1.54) is 6.42 Å². The third-order valence-corrected chi connectivity index (χ3v) is 11.7. The van der Waals surface area contributed by atoms with Crippen LogP contribution in [0.5, 0.6) is 0 Å². The molecule has 2 aromatic carbocycles. The number of H-pyrrole nitrogens is 1. The summed E-state index contributed by atoms with van der Waals surface area (Å²) < 4.78 is 0. The molecule has 3 amide bonds. The molecule has 10 heteroatoms. The van der Waals surface area contributed by atoms with Crippen LogP contribution in [-0.4, -0.2) is 82.0 Å². The number of halogens is 1. The van der Waals surface area contributed by atoms with E-state index in [0.717, 1.165) is 54.1 Å². The Balaban J connectivity index is 1.14. The predicted octanol–water partition coefficient (Wildman–Crippen LogP) is 4.03. The van der Waals surface area contributed by atoms with E-state index in [4.69, 9.17) is 11.6 Å². The first-order valence-corrected chi connectivity index (χ1v) is 17.0. The summed E-state index contributed by atoms with van der Waals surface area (Å²) in [5.74, 6) is 0.344. The number of aliphatic hydroxyl groups excluding tert-OH is 1. The van der Waals surface area contributed by atoms with Crippen LogP contribution in [0.1, 0.15) is 56.1 Å². The average molecular weight is 646 g/mol. The first-order chi connectivity index (χ1) is 22.1. The molecule has 3 aromatic rings. The highest BCUT2D eigenvalue weighted by Crippen LogP contribution is 2.62. The molecule has 1 aromatic heterocycles. The van der Waals surface area contributed by atoms with Crippen molar-refractivity contribution in [3.8, 4) is 0 Å². The summed E-state index contributed by atoms with van der Waals surface area (Å²) >= 11 is 6.42. The Labute approximate surface area is 275 Å². The van der Waals surface area contributed by atoms with Crippen molar-refractivity contribution < 1.29 is 19.5 Å². The minimum absolute atomic E-state index is 0.00623. The topological polar surface area (TPSA) is 118 Å². The Morgan fingerprint density at radius 1 is 1.04 bits per heavy atom. The molecule has 244 valence electrons. The average Bonchev–Trinajstić information content (AvgIpc) is 3.63. The molecule has 2 heterocycles. The van der Waals surface area contributed by atoms with Gasteiger partial charge >= 0.3 is 0 Å². The summed E-state index contributed by atoms with van der Waals surface area (Å²) in [6.45, 7) is 0.414. The molecule has 1 aliphatic heterocycles. The number of para-hydroxylation sites is 1. The molecule has 4 saturated carbocycles. The highest BCUT2D eigenvalue weighted by atomic mass is 35.5. The number of rotatable bonds is 9. The zero-order valence-corrected chi connectivity index (χ0v) is 27.4. The van der Waals surface area contributed by atoms with E-state index in [9.17, 15) is 19.5 Å². The van der Waals surface area contributed by atoms with Gasteiger partial charge in [0.1, 0.15) is 12.1 Å². The fourth-order valence-electron chi connectivity index (χ4n) is 9.61. The molecule has 4 N–H and O–H groups in total. The zero-order valence-electron chi connectivity index (χ0n) is 26.6. The van der Waals surface area contributed by atoms with Crippen molar-refractivity contribution in [2.45, 2.75) is 81.6 Å². The lowest BCUT2D eigenvalue weighted by atomic mass is 9.46. The molecule has 4 bridgehead atoms. The monoisotopic (exact) mass is 645 g/mol. The normalized spacial score (nSPS) is 30.5. The largest absolute Gasteiger partial charge is 0.391 e. The van der Waals surface area contributed by atoms with Gasteiger partial charge in [0.25, 0.3) is 0 Å². The molecule has 4 aliphatic carbocycles. The first-order valence-electron chi connectivity index (χ1n) is 16.6. The third-order valence-electron chi connectivity index (χ3n) is 11.3. The van der Waals surface area contributed by atoms with Gasteiger partial charge in [-0.1, -0.05) is 48.0 Å². The van der Waals surface area contributed by atoms with E-state index in [1.807, 2.05) is 55.7 Å². The molecule has 5 aliphatic rings. The van der Waals surface area contributed by atoms with E-state index in [-0.39, 0.29) is 43.3 Å². The smallest absolute Gasteiger partial charge is 0.245 e. The van der Waals surface area contributed by atoms with Gasteiger partial charge in [-0.25, -0.2) is 0 Å². The quantitative estimate of drug-likeness (QED) is 0.280. The van der Waals surface area contributed by atoms with Crippen molar-refractivity contribution in [3.63, 3.8) is 0 Å². The van der Waals surface area contributed by atoms with Crippen LogP contribution in [0.25, 0.3) is 10.9 Å². The predicted molar refractivity (Wildman–Crippen MR) is 177 cm³/mol. The molecule has 5 atom stereocenters. The maximum atomic E-state index is 14.5. The van der Waals surface area contributed by atoms with E-state index in [0.29, 0.717) is 16.9 Å². The number of benzene rings is 2. The molecule has 9 nitrogen and oxygen atoms in total. The Morgan fingerprint density at radius 3 is 2.50 bits per heavy atom. The van der Waals surface area contributed by atoms with Gasteiger partial charge < -0.3 is 30.5 Å². The summed E-state index contributed by atoms with van der Waals surface area (Å²) in [6.07, 6.45) is 7.35. The number of nitrogens with zero attached hydrogens (tertiary/aromatic N) is 2. The maximum absolute atomic E-state index is 14.5. The van der Waals surface area contributed by atoms with Crippen molar-refractivity contribution in [1.29, 1.82) is 0 Å². The highest BCUT2D eigenvalue weighted by Gasteiger charge is 2.62. The van der Waals surface area contributed by atoms with Crippen LogP contribution >= 0.6 is 11.6 Å². The number of carbonyl (C=O) groups is 3. The van der Waals surface area contributed by atoms with Crippen molar-refractivity contribution in [3.05, 3.63) is 70.9 Å². The Kier molecular flexibility index (Phi) is 8.14. The Bertz CT molecular complexity index is 1640. The van der Waals surface area contributed by atoms with E-state index in [1.54, 1.807) is 22.9 Å². The summed E-state index contributed by atoms with van der Waals surface area (Å²) in [5, 5.41) is 19.0. The number of aromatic nitrogens is 1. The Hall–Kier alpha value is -3.40. The molecule has 8 rings (SSSR count). The number of amides is 3. The van der Waals surface area contributed by atoms with E-state index < -0.39 is 29.5 Å². The molecule has 46 heavy (non-hydrogen) atoms.